The van der Waals surface area contributed by atoms with Gasteiger partial charge in [-0.1, -0.05) is 44.0 Å². The highest BCUT2D eigenvalue weighted by atomic mass is 79.9. The van der Waals surface area contributed by atoms with E-state index in [0.29, 0.717) is 5.56 Å². The molecule has 13 heavy (non-hydrogen) atoms. The van der Waals surface area contributed by atoms with E-state index in [4.69, 9.17) is 0 Å². The van der Waals surface area contributed by atoms with E-state index in [1.54, 1.807) is 24.3 Å². The summed E-state index contributed by atoms with van der Waals surface area (Å²) in [4.78, 5) is 0. The Morgan fingerprint density at radius 3 is 2.15 bits per heavy atom. The largest absolute Gasteiger partial charge is 0.261 e. The van der Waals surface area contributed by atoms with Crippen molar-refractivity contribution in [3.8, 4) is 0 Å². The second-order valence-electron chi connectivity index (χ2n) is 2.79. The summed E-state index contributed by atoms with van der Waals surface area (Å²) in [5, 5.41) is -0.296. The van der Waals surface area contributed by atoms with Crippen LogP contribution in [0.4, 0.5) is 8.78 Å². The van der Waals surface area contributed by atoms with Crippen LogP contribution in [0.15, 0.2) is 28.7 Å². The summed E-state index contributed by atoms with van der Waals surface area (Å²) in [6.45, 7) is 0. The summed E-state index contributed by atoms with van der Waals surface area (Å²) in [6, 6.07) is 6.92. The van der Waals surface area contributed by atoms with Crippen LogP contribution < -0.4 is 0 Å². The van der Waals surface area contributed by atoms with E-state index in [1.807, 2.05) is 0 Å². The minimum Gasteiger partial charge on any atom is -0.206 e. The van der Waals surface area contributed by atoms with Crippen LogP contribution in [-0.2, 0) is 6.42 Å². The fourth-order valence-electron chi connectivity index (χ4n) is 0.948. The van der Waals surface area contributed by atoms with E-state index in [0.717, 1.165) is 4.47 Å². The van der Waals surface area contributed by atoms with E-state index >= 15 is 0 Å². The van der Waals surface area contributed by atoms with E-state index in [2.05, 4.69) is 31.9 Å². The molecule has 0 atom stereocenters. The molecule has 0 N–H and O–H groups in total. The van der Waals surface area contributed by atoms with Crippen LogP contribution in [0.2, 0.25) is 0 Å². The van der Waals surface area contributed by atoms with E-state index in [9.17, 15) is 8.78 Å². The van der Waals surface area contributed by atoms with Crippen molar-refractivity contribution in [2.24, 2.45) is 0 Å². The van der Waals surface area contributed by atoms with Gasteiger partial charge in [0.25, 0.3) is 5.92 Å². The third-order valence-corrected chi connectivity index (χ3v) is 2.92. The summed E-state index contributed by atoms with van der Waals surface area (Å²) in [5.41, 5.74) is 0.646. The lowest BCUT2D eigenvalue weighted by atomic mass is 10.1. The zero-order chi connectivity index (χ0) is 9.90. The lowest BCUT2D eigenvalue weighted by molar-refractivity contribution is 0.0294. The third kappa shape index (κ3) is 3.73. The lowest BCUT2D eigenvalue weighted by Crippen LogP contribution is -2.21. The molecule has 0 aliphatic heterocycles. The van der Waals surface area contributed by atoms with Crippen LogP contribution in [0, 0.1) is 0 Å². The van der Waals surface area contributed by atoms with Gasteiger partial charge in [-0.25, -0.2) is 8.78 Å². The molecule has 0 heterocycles. The van der Waals surface area contributed by atoms with Crippen LogP contribution in [0.5, 0.6) is 0 Å². The van der Waals surface area contributed by atoms with Crippen molar-refractivity contribution in [3.05, 3.63) is 34.3 Å². The average molecular weight is 314 g/mol. The van der Waals surface area contributed by atoms with Gasteiger partial charge in [0.15, 0.2) is 0 Å². The average Bonchev–Trinajstić information content (AvgIpc) is 2.09. The third-order valence-electron chi connectivity index (χ3n) is 1.57. The monoisotopic (exact) mass is 312 g/mol. The van der Waals surface area contributed by atoms with Crippen LogP contribution in [0.1, 0.15) is 5.56 Å². The van der Waals surface area contributed by atoms with Crippen LogP contribution in [0.25, 0.3) is 0 Å². The number of hydrogen-bond donors (Lipinski definition) is 0. The van der Waals surface area contributed by atoms with Crippen LogP contribution in [-0.4, -0.2) is 11.3 Å². The number of alkyl halides is 3. The van der Waals surface area contributed by atoms with Gasteiger partial charge in [0.1, 0.15) is 0 Å². The maximum atomic E-state index is 12.9. The van der Waals surface area contributed by atoms with Gasteiger partial charge in [-0.2, -0.15) is 0 Å². The van der Waals surface area contributed by atoms with Gasteiger partial charge in [0, 0.05) is 10.9 Å². The second kappa shape index (κ2) is 4.51. The standard InChI is InChI=1S/C9H8Br2F2/c10-6-9(12,13)5-7-1-3-8(11)4-2-7/h1-4H,5-6H2. The van der Waals surface area contributed by atoms with Crippen molar-refractivity contribution >= 4 is 31.9 Å². The molecular weight excluding hydrogens is 306 g/mol. The highest BCUT2D eigenvalue weighted by Gasteiger charge is 2.27. The first kappa shape index (κ1) is 11.1. The summed E-state index contributed by atoms with van der Waals surface area (Å²) in [5.74, 6) is -2.66. The molecule has 0 nitrogen and oxygen atoms in total. The van der Waals surface area contributed by atoms with Crippen molar-refractivity contribution in [3.63, 3.8) is 0 Å². The van der Waals surface area contributed by atoms with Gasteiger partial charge < -0.3 is 0 Å². The van der Waals surface area contributed by atoms with Crippen LogP contribution in [0.3, 0.4) is 0 Å². The van der Waals surface area contributed by atoms with E-state index in [1.165, 1.54) is 0 Å². The Morgan fingerprint density at radius 1 is 1.15 bits per heavy atom. The molecule has 0 aliphatic rings. The normalized spacial score (nSPS) is 11.7. The fourth-order valence-corrected chi connectivity index (χ4v) is 1.41. The lowest BCUT2D eigenvalue weighted by Gasteiger charge is -2.12. The maximum absolute atomic E-state index is 12.9. The molecule has 1 aromatic carbocycles. The molecule has 0 saturated heterocycles. The maximum Gasteiger partial charge on any atom is 0.261 e. The molecule has 0 unspecified atom stereocenters. The molecule has 4 heteroatoms. The van der Waals surface area contributed by atoms with Crippen molar-refractivity contribution in [2.45, 2.75) is 12.3 Å². The highest BCUT2D eigenvalue weighted by molar-refractivity contribution is 9.10. The Labute approximate surface area is 92.6 Å². The fraction of sp³-hybridized carbons (Fsp3) is 0.333. The molecule has 0 aliphatic carbocycles. The van der Waals surface area contributed by atoms with Gasteiger partial charge in [-0.3, -0.25) is 0 Å². The Morgan fingerprint density at radius 2 is 1.69 bits per heavy atom. The van der Waals surface area contributed by atoms with Crippen molar-refractivity contribution < 1.29 is 8.78 Å². The topological polar surface area (TPSA) is 0 Å². The van der Waals surface area contributed by atoms with Gasteiger partial charge in [-0.05, 0) is 17.7 Å². The molecule has 0 amide bonds. The van der Waals surface area contributed by atoms with Gasteiger partial charge in [0.2, 0.25) is 0 Å². The molecule has 0 fully saturated rings. The molecule has 72 valence electrons. The first-order valence-corrected chi connectivity index (χ1v) is 5.63. The van der Waals surface area contributed by atoms with Crippen molar-refractivity contribution in [1.29, 1.82) is 0 Å². The molecule has 0 aromatic heterocycles. The zero-order valence-electron chi connectivity index (χ0n) is 6.74. The summed E-state index contributed by atoms with van der Waals surface area (Å²) >= 11 is 6.03. The number of halogens is 4. The Kier molecular flexibility index (Phi) is 3.86. The van der Waals surface area contributed by atoms with Crippen LogP contribution >= 0.6 is 31.9 Å². The Hall–Kier alpha value is 0.0400. The molecule has 0 spiro atoms. The number of hydrogen-bond acceptors (Lipinski definition) is 0. The predicted octanol–water partition coefficient (Wildman–Crippen LogP) is 4.02. The first-order valence-electron chi connectivity index (χ1n) is 3.72. The molecule has 0 radical (unpaired) electrons. The van der Waals surface area contributed by atoms with Crippen molar-refractivity contribution in [1.82, 2.24) is 0 Å². The number of rotatable bonds is 3. The minimum atomic E-state index is -2.66. The summed E-state index contributed by atoms with van der Waals surface area (Å²) < 4.78 is 26.7. The molecule has 0 bridgehead atoms. The molecule has 1 aromatic rings. The predicted molar refractivity (Wildman–Crippen MR) is 56.6 cm³/mol. The Balaban J connectivity index is 2.69. The SMILES string of the molecule is FC(F)(CBr)Cc1ccc(Br)cc1. The highest BCUT2D eigenvalue weighted by Crippen LogP contribution is 2.23. The molecular formula is C9H8Br2F2. The smallest absolute Gasteiger partial charge is 0.206 e. The quantitative estimate of drug-likeness (QED) is 0.739. The van der Waals surface area contributed by atoms with Gasteiger partial charge >= 0.3 is 0 Å². The van der Waals surface area contributed by atoms with E-state index < -0.39 is 5.92 Å². The van der Waals surface area contributed by atoms with Crippen molar-refractivity contribution in [2.75, 3.05) is 5.33 Å². The first-order chi connectivity index (χ1) is 6.03. The van der Waals surface area contributed by atoms with E-state index in [-0.39, 0.29) is 11.8 Å². The molecule has 0 saturated carbocycles. The molecule has 1 rings (SSSR count). The summed E-state index contributed by atoms with van der Waals surface area (Å²) in [6.07, 6.45) is -0.217. The van der Waals surface area contributed by atoms with Gasteiger partial charge in [-0.15, -0.1) is 0 Å². The minimum absolute atomic E-state index is 0.217. The van der Waals surface area contributed by atoms with Gasteiger partial charge in [0.05, 0.1) is 5.33 Å². The number of benzene rings is 1. The summed E-state index contributed by atoms with van der Waals surface area (Å²) in [7, 11) is 0. The Bertz CT molecular complexity index is 269. The second-order valence-corrected chi connectivity index (χ2v) is 4.27. The zero-order valence-corrected chi connectivity index (χ0v) is 9.91.